The van der Waals surface area contributed by atoms with Crippen LogP contribution in [-0.2, 0) is 16.1 Å². The molecule has 2 aromatic carbocycles. The van der Waals surface area contributed by atoms with Gasteiger partial charge in [-0.3, -0.25) is 23.6 Å². The molecule has 4 bridgehead atoms. The maximum absolute atomic E-state index is 15.0. The Bertz CT molecular complexity index is 1710. The second-order valence-corrected chi connectivity index (χ2v) is 11.6. The number of carbonyl (C=O) groups is 4. The Balaban J connectivity index is 1.36. The van der Waals surface area contributed by atoms with E-state index in [9.17, 15) is 19.2 Å². The molecule has 46 heavy (non-hydrogen) atoms. The van der Waals surface area contributed by atoms with Crippen LogP contribution in [-0.4, -0.2) is 70.7 Å². The van der Waals surface area contributed by atoms with Crippen LogP contribution >= 0.6 is 11.3 Å². The summed E-state index contributed by atoms with van der Waals surface area (Å²) in [6.07, 6.45) is 4.72. The van der Waals surface area contributed by atoms with Crippen molar-refractivity contribution in [1.29, 1.82) is 0 Å². The molecule has 4 aromatic rings. The van der Waals surface area contributed by atoms with Gasteiger partial charge in [-0.15, -0.1) is 11.3 Å². The van der Waals surface area contributed by atoms with E-state index in [1.54, 1.807) is 40.6 Å². The lowest BCUT2D eigenvalue weighted by Gasteiger charge is -2.22. The lowest BCUT2D eigenvalue weighted by molar-refractivity contribution is -0.129. The van der Waals surface area contributed by atoms with Crippen molar-refractivity contribution < 1.29 is 33.0 Å². The molecule has 0 fully saturated rings. The first-order valence-electron chi connectivity index (χ1n) is 15.0. The molecule has 6 rings (SSSR count). The molecular formula is C32H35FN6O6S. The van der Waals surface area contributed by atoms with E-state index in [0.717, 1.165) is 0 Å². The molecule has 14 heteroatoms. The summed E-state index contributed by atoms with van der Waals surface area (Å²) in [5.74, 6) is -1.70. The topological polar surface area (TPSA) is 143 Å². The van der Waals surface area contributed by atoms with Crippen molar-refractivity contribution >= 4 is 39.9 Å². The summed E-state index contributed by atoms with van der Waals surface area (Å²) in [4.78, 5) is 58.8. The summed E-state index contributed by atoms with van der Waals surface area (Å²) in [7, 11) is 1.44. The molecule has 242 valence electrons. The van der Waals surface area contributed by atoms with Gasteiger partial charge in [-0.25, -0.2) is 9.37 Å². The number of thiazole rings is 1. The van der Waals surface area contributed by atoms with E-state index in [-0.39, 0.29) is 66.5 Å². The molecule has 0 saturated heterocycles. The maximum Gasteiger partial charge on any atom is 0.274 e. The second kappa shape index (κ2) is 14.9. The van der Waals surface area contributed by atoms with Gasteiger partial charge in [-0.1, -0.05) is 13.0 Å². The monoisotopic (exact) mass is 650 g/mol. The summed E-state index contributed by atoms with van der Waals surface area (Å²) in [5.41, 5.74) is 1.05. The zero-order chi connectivity index (χ0) is 32.6. The molecule has 0 aliphatic carbocycles. The number of carbonyl (C=O) groups excluding carboxylic acids is 4. The number of hydrogen-bond donors (Lipinski definition) is 3. The minimum Gasteiger partial charge on any atom is -0.493 e. The van der Waals surface area contributed by atoms with Crippen molar-refractivity contribution in [2.24, 2.45) is 0 Å². The molecule has 0 unspecified atom stereocenters. The van der Waals surface area contributed by atoms with Crippen molar-refractivity contribution in [3.8, 4) is 17.2 Å². The van der Waals surface area contributed by atoms with Gasteiger partial charge in [-0.2, -0.15) is 0 Å². The lowest BCUT2D eigenvalue weighted by Crippen LogP contribution is -2.46. The number of hydrogen-bond acceptors (Lipinski definition) is 8. The smallest absolute Gasteiger partial charge is 0.274 e. The summed E-state index contributed by atoms with van der Waals surface area (Å²) >= 11 is 1.41. The molecule has 0 spiro atoms. The van der Waals surface area contributed by atoms with Gasteiger partial charge in [0.2, 0.25) is 11.8 Å². The van der Waals surface area contributed by atoms with Crippen LogP contribution in [0.15, 0.2) is 54.2 Å². The molecule has 4 amide bonds. The zero-order valence-corrected chi connectivity index (χ0v) is 26.3. The number of nitrogens with one attached hydrogen (secondary N) is 3. The Kier molecular flexibility index (Phi) is 10.5. The van der Waals surface area contributed by atoms with Crippen molar-refractivity contribution in [1.82, 2.24) is 30.2 Å². The number of methoxy groups -OCH3 is 1. The van der Waals surface area contributed by atoms with E-state index < -0.39 is 17.8 Å². The van der Waals surface area contributed by atoms with Gasteiger partial charge in [0.25, 0.3) is 11.8 Å². The summed E-state index contributed by atoms with van der Waals surface area (Å²) in [6, 6.07) is 8.09. The SMILES string of the molecule is CC[C@@H]1NC(=O)CCCN(C(=O)c2cn3ccsc3n2)CCCNC(=O)c2ccc(OC)c(c2)Oc2ccc(cc2F)CNC1=O. The second-order valence-electron chi connectivity index (χ2n) is 10.7. The van der Waals surface area contributed by atoms with Gasteiger partial charge in [0.15, 0.2) is 28.0 Å². The number of benzene rings is 2. The Morgan fingerprint density at radius 1 is 1.11 bits per heavy atom. The standard InChI is InChI=1S/C32H35FN6O6S/c1-3-23-30(42)35-18-20-7-9-25(22(33)16-20)45-27-17-21(8-10-26(27)44-2)29(41)34-11-5-13-38(12-4-6-28(40)36-23)31(43)24-19-39-14-15-46-32(39)37-24/h7-10,14-17,19,23H,3-6,11-13,18H2,1-2H3,(H,34,41)(H,35,42)(H,36,40)/t23-/m0/s1. The number of imidazole rings is 1. The lowest BCUT2D eigenvalue weighted by atomic mass is 10.1. The van der Waals surface area contributed by atoms with Crippen molar-refractivity contribution in [3.05, 3.63) is 76.8 Å². The first-order valence-corrected chi connectivity index (χ1v) is 15.8. The van der Waals surface area contributed by atoms with E-state index >= 15 is 4.39 Å². The molecule has 2 aromatic heterocycles. The molecule has 1 atom stereocenters. The van der Waals surface area contributed by atoms with E-state index in [4.69, 9.17) is 9.47 Å². The fraction of sp³-hybridized carbons (Fsp3) is 0.344. The number of amides is 4. The van der Waals surface area contributed by atoms with Crippen LogP contribution in [0.4, 0.5) is 4.39 Å². The number of halogens is 1. The highest BCUT2D eigenvalue weighted by Crippen LogP contribution is 2.34. The van der Waals surface area contributed by atoms with E-state index in [2.05, 4.69) is 20.9 Å². The van der Waals surface area contributed by atoms with Crippen LogP contribution in [0.5, 0.6) is 17.2 Å². The molecule has 4 heterocycles. The molecule has 2 aliphatic rings. The highest BCUT2D eigenvalue weighted by atomic mass is 32.1. The molecular weight excluding hydrogens is 615 g/mol. The minimum atomic E-state index is -0.777. The van der Waals surface area contributed by atoms with Crippen LogP contribution in [0.1, 0.15) is 59.0 Å². The predicted molar refractivity (Wildman–Crippen MR) is 169 cm³/mol. The Labute approximate surface area is 268 Å². The largest absolute Gasteiger partial charge is 0.493 e. The van der Waals surface area contributed by atoms with Crippen LogP contribution in [0.2, 0.25) is 0 Å². The van der Waals surface area contributed by atoms with Crippen LogP contribution in [0, 0.1) is 5.82 Å². The van der Waals surface area contributed by atoms with Crippen molar-refractivity contribution in [2.45, 2.75) is 45.2 Å². The average Bonchev–Trinajstić information content (AvgIpc) is 3.67. The maximum atomic E-state index is 15.0. The van der Waals surface area contributed by atoms with Gasteiger partial charge < -0.3 is 30.3 Å². The Hall–Kier alpha value is -4.98. The third-order valence-corrected chi connectivity index (χ3v) is 8.26. The normalized spacial score (nSPS) is 17.2. The van der Waals surface area contributed by atoms with Gasteiger partial charge in [0.1, 0.15) is 11.7 Å². The molecule has 0 radical (unpaired) electrons. The number of ether oxygens (including phenoxy) is 2. The van der Waals surface area contributed by atoms with Gasteiger partial charge in [-0.05, 0) is 55.2 Å². The van der Waals surface area contributed by atoms with Gasteiger partial charge in [0.05, 0.1) is 7.11 Å². The number of rotatable bonds is 3. The van der Waals surface area contributed by atoms with Crippen molar-refractivity contribution in [3.63, 3.8) is 0 Å². The average molecular weight is 651 g/mol. The van der Waals surface area contributed by atoms with Gasteiger partial charge in [0, 0.05) is 55.9 Å². The van der Waals surface area contributed by atoms with Crippen molar-refractivity contribution in [2.75, 3.05) is 26.7 Å². The predicted octanol–water partition coefficient (Wildman–Crippen LogP) is 3.90. The molecule has 0 saturated carbocycles. The highest BCUT2D eigenvalue weighted by Gasteiger charge is 2.22. The Morgan fingerprint density at radius 2 is 1.93 bits per heavy atom. The quantitative estimate of drug-likeness (QED) is 0.305. The van der Waals surface area contributed by atoms with Crippen LogP contribution in [0.25, 0.3) is 4.96 Å². The molecule has 3 N–H and O–H groups in total. The summed E-state index contributed by atoms with van der Waals surface area (Å²) in [6.45, 7) is 2.64. The first kappa shape index (κ1) is 32.4. The zero-order valence-electron chi connectivity index (χ0n) is 25.5. The molecule has 2 aliphatic heterocycles. The van der Waals surface area contributed by atoms with E-state index in [1.807, 2.05) is 11.6 Å². The van der Waals surface area contributed by atoms with E-state index in [1.165, 1.54) is 36.6 Å². The molecule has 12 nitrogen and oxygen atoms in total. The number of aromatic nitrogens is 2. The fourth-order valence-corrected chi connectivity index (χ4v) is 5.70. The summed E-state index contributed by atoms with van der Waals surface area (Å²) in [5, 5.41) is 10.2. The van der Waals surface area contributed by atoms with Gasteiger partial charge >= 0.3 is 0 Å². The third kappa shape index (κ3) is 7.80. The highest BCUT2D eigenvalue weighted by molar-refractivity contribution is 7.15. The third-order valence-electron chi connectivity index (χ3n) is 7.49. The minimum absolute atomic E-state index is 0.0320. The fourth-order valence-electron chi connectivity index (χ4n) is 5.00. The van der Waals surface area contributed by atoms with E-state index in [0.29, 0.717) is 42.1 Å². The summed E-state index contributed by atoms with van der Waals surface area (Å²) < 4.78 is 28.0. The number of fused-ring (bicyclic) bond motifs is 17. The Morgan fingerprint density at radius 3 is 2.70 bits per heavy atom. The first-order chi connectivity index (χ1) is 22.2. The van der Waals surface area contributed by atoms with Crippen LogP contribution in [0.3, 0.4) is 0 Å². The van der Waals surface area contributed by atoms with Crippen LogP contribution < -0.4 is 25.4 Å². The number of nitrogens with zero attached hydrogens (tertiary/aromatic N) is 3.